The first-order valence-corrected chi connectivity index (χ1v) is 12.2. The number of carbonyl (C=O) groups is 3. The second kappa shape index (κ2) is 9.41. The molecule has 0 radical (unpaired) electrons. The van der Waals surface area contributed by atoms with Gasteiger partial charge in [0.25, 0.3) is 5.91 Å². The van der Waals surface area contributed by atoms with E-state index in [-0.39, 0.29) is 6.54 Å². The van der Waals surface area contributed by atoms with Crippen LogP contribution in [-0.4, -0.2) is 42.4 Å². The molecular formula is C28H30N4O3. The van der Waals surface area contributed by atoms with E-state index in [1.165, 1.54) is 25.7 Å². The number of urea groups is 1. The first kappa shape index (κ1) is 22.9. The van der Waals surface area contributed by atoms with Gasteiger partial charge in [0.15, 0.2) is 0 Å². The van der Waals surface area contributed by atoms with Crippen LogP contribution in [0.2, 0.25) is 0 Å². The number of benzene rings is 3. The number of hydrogen-bond donors (Lipinski definition) is 2. The lowest BCUT2D eigenvalue weighted by Crippen LogP contribution is -2.42. The average Bonchev–Trinajstić information content (AvgIpc) is 3.06. The molecule has 0 aliphatic carbocycles. The Morgan fingerprint density at radius 3 is 2.34 bits per heavy atom. The molecule has 0 unspecified atom stereocenters. The molecule has 0 bridgehead atoms. The molecule has 2 saturated heterocycles. The zero-order valence-corrected chi connectivity index (χ0v) is 19.9. The predicted molar refractivity (Wildman–Crippen MR) is 137 cm³/mol. The molecule has 5 rings (SSSR count). The minimum absolute atomic E-state index is 0.348. The van der Waals surface area contributed by atoms with Crippen LogP contribution in [0.4, 0.5) is 16.2 Å². The molecule has 7 heteroatoms. The standard InChI is InChI=1S/C28H30N4O3/c1-28(24-12-8-10-20-9-4-5-11-23(20)24)26(34)32(27(35)30-28)19-25(33)29-21-13-15-22(16-14-21)31-17-6-2-3-7-18-31/h4-5,8-16H,2-3,6-7,17-19H2,1H3,(H,29,33)(H,30,35)/t28-/m1/s1. The molecule has 35 heavy (non-hydrogen) atoms. The van der Waals surface area contributed by atoms with Crippen LogP contribution in [0.3, 0.4) is 0 Å². The molecule has 3 aromatic carbocycles. The summed E-state index contributed by atoms with van der Waals surface area (Å²) in [5.74, 6) is -0.858. The SMILES string of the molecule is C[C@]1(c2cccc3ccccc23)NC(=O)N(CC(=O)Nc2ccc(N3CCCCCC3)cc2)C1=O. The normalized spacial score (nSPS) is 20.6. The summed E-state index contributed by atoms with van der Waals surface area (Å²) in [5, 5.41) is 7.50. The maximum absolute atomic E-state index is 13.4. The molecule has 4 amide bonds. The Hall–Kier alpha value is -3.87. The van der Waals surface area contributed by atoms with Crippen LogP contribution >= 0.6 is 0 Å². The highest BCUT2D eigenvalue weighted by molar-refractivity contribution is 6.11. The van der Waals surface area contributed by atoms with Gasteiger partial charge >= 0.3 is 6.03 Å². The van der Waals surface area contributed by atoms with Crippen molar-refractivity contribution < 1.29 is 14.4 Å². The summed E-state index contributed by atoms with van der Waals surface area (Å²) in [4.78, 5) is 42.2. The van der Waals surface area contributed by atoms with Crippen molar-refractivity contribution in [1.82, 2.24) is 10.2 Å². The lowest BCUT2D eigenvalue weighted by molar-refractivity contribution is -0.133. The van der Waals surface area contributed by atoms with Gasteiger partial charge in [-0.05, 0) is 60.4 Å². The summed E-state index contributed by atoms with van der Waals surface area (Å²) in [6.07, 6.45) is 4.93. The van der Waals surface area contributed by atoms with Crippen molar-refractivity contribution in [2.75, 3.05) is 29.9 Å². The van der Waals surface area contributed by atoms with Crippen LogP contribution in [-0.2, 0) is 15.1 Å². The molecule has 7 nitrogen and oxygen atoms in total. The molecule has 0 spiro atoms. The predicted octanol–water partition coefficient (Wildman–Crippen LogP) is 4.63. The lowest BCUT2D eigenvalue weighted by Gasteiger charge is -2.24. The first-order valence-electron chi connectivity index (χ1n) is 12.2. The van der Waals surface area contributed by atoms with Gasteiger partial charge < -0.3 is 15.5 Å². The molecule has 2 N–H and O–H groups in total. The Bertz CT molecular complexity index is 1260. The Labute approximate surface area is 205 Å². The number of nitrogens with one attached hydrogen (secondary N) is 2. The molecule has 180 valence electrons. The third kappa shape index (κ3) is 4.46. The summed E-state index contributed by atoms with van der Waals surface area (Å²) in [6, 6.07) is 20.6. The monoisotopic (exact) mass is 470 g/mol. The van der Waals surface area contributed by atoms with E-state index in [9.17, 15) is 14.4 Å². The molecular weight excluding hydrogens is 440 g/mol. The summed E-state index contributed by atoms with van der Waals surface area (Å²) in [6.45, 7) is 3.44. The third-order valence-electron chi connectivity index (χ3n) is 7.03. The van der Waals surface area contributed by atoms with E-state index in [0.29, 0.717) is 11.3 Å². The van der Waals surface area contributed by atoms with Crippen molar-refractivity contribution in [1.29, 1.82) is 0 Å². The number of rotatable bonds is 5. The minimum Gasteiger partial charge on any atom is -0.372 e. The second-order valence-electron chi connectivity index (χ2n) is 9.47. The number of anilines is 2. The molecule has 2 aliphatic heterocycles. The zero-order valence-electron chi connectivity index (χ0n) is 19.9. The fourth-order valence-corrected chi connectivity index (χ4v) is 5.11. The topological polar surface area (TPSA) is 81.8 Å². The molecule has 0 saturated carbocycles. The van der Waals surface area contributed by atoms with Crippen LogP contribution < -0.4 is 15.5 Å². The highest BCUT2D eigenvalue weighted by Gasteiger charge is 2.50. The van der Waals surface area contributed by atoms with E-state index < -0.39 is 23.4 Å². The summed E-state index contributed by atoms with van der Waals surface area (Å²) in [5.41, 5.74) is 1.25. The van der Waals surface area contributed by atoms with Gasteiger partial charge in [0.05, 0.1) is 0 Å². The lowest BCUT2D eigenvalue weighted by atomic mass is 9.88. The molecule has 1 atom stereocenters. The van der Waals surface area contributed by atoms with Crippen molar-refractivity contribution in [2.24, 2.45) is 0 Å². The maximum Gasteiger partial charge on any atom is 0.325 e. The Balaban J connectivity index is 1.27. The number of amides is 4. The third-order valence-corrected chi connectivity index (χ3v) is 7.03. The second-order valence-corrected chi connectivity index (χ2v) is 9.47. The summed E-state index contributed by atoms with van der Waals surface area (Å²) < 4.78 is 0. The molecule has 2 fully saturated rings. The number of nitrogens with zero attached hydrogens (tertiary/aromatic N) is 2. The van der Waals surface area contributed by atoms with E-state index in [1.54, 1.807) is 6.92 Å². The van der Waals surface area contributed by atoms with Gasteiger partial charge in [0, 0.05) is 24.5 Å². The van der Waals surface area contributed by atoms with Gasteiger partial charge in [-0.25, -0.2) is 4.79 Å². The highest BCUT2D eigenvalue weighted by Crippen LogP contribution is 2.33. The van der Waals surface area contributed by atoms with Crippen LogP contribution in [0.15, 0.2) is 66.7 Å². The number of imide groups is 1. The number of hydrogen-bond acceptors (Lipinski definition) is 4. The molecule has 2 heterocycles. The van der Waals surface area contributed by atoms with E-state index in [0.717, 1.165) is 34.4 Å². The quantitative estimate of drug-likeness (QED) is 0.533. The van der Waals surface area contributed by atoms with Gasteiger partial charge in [0.2, 0.25) is 5.91 Å². The van der Waals surface area contributed by atoms with Crippen molar-refractivity contribution in [3.63, 3.8) is 0 Å². The van der Waals surface area contributed by atoms with E-state index in [4.69, 9.17) is 0 Å². The van der Waals surface area contributed by atoms with Crippen LogP contribution in [0, 0.1) is 0 Å². The van der Waals surface area contributed by atoms with E-state index in [1.807, 2.05) is 66.7 Å². The first-order chi connectivity index (χ1) is 17.0. The molecule has 0 aromatic heterocycles. The summed E-state index contributed by atoms with van der Waals surface area (Å²) in [7, 11) is 0. The van der Waals surface area contributed by atoms with Crippen molar-refractivity contribution in [3.05, 3.63) is 72.3 Å². The smallest absolute Gasteiger partial charge is 0.325 e. The van der Waals surface area contributed by atoms with Gasteiger partial charge in [-0.2, -0.15) is 0 Å². The number of fused-ring (bicyclic) bond motifs is 1. The van der Waals surface area contributed by atoms with Gasteiger partial charge in [0.1, 0.15) is 12.1 Å². The van der Waals surface area contributed by atoms with Gasteiger partial charge in [-0.3, -0.25) is 14.5 Å². The van der Waals surface area contributed by atoms with Crippen molar-refractivity contribution in [3.8, 4) is 0 Å². The molecule has 3 aromatic rings. The Morgan fingerprint density at radius 2 is 1.60 bits per heavy atom. The largest absolute Gasteiger partial charge is 0.372 e. The van der Waals surface area contributed by atoms with Crippen molar-refractivity contribution in [2.45, 2.75) is 38.1 Å². The molecule has 2 aliphatic rings. The van der Waals surface area contributed by atoms with Crippen LogP contribution in [0.5, 0.6) is 0 Å². The van der Waals surface area contributed by atoms with Crippen LogP contribution in [0.25, 0.3) is 10.8 Å². The van der Waals surface area contributed by atoms with Gasteiger partial charge in [-0.1, -0.05) is 55.3 Å². The zero-order chi connectivity index (χ0) is 24.4. The minimum atomic E-state index is -1.24. The van der Waals surface area contributed by atoms with Gasteiger partial charge in [-0.15, -0.1) is 0 Å². The fourth-order valence-electron chi connectivity index (χ4n) is 5.11. The number of carbonyl (C=O) groups excluding carboxylic acids is 3. The summed E-state index contributed by atoms with van der Waals surface area (Å²) >= 11 is 0. The fraction of sp³-hybridized carbons (Fsp3) is 0.321. The van der Waals surface area contributed by atoms with E-state index >= 15 is 0 Å². The Morgan fingerprint density at radius 1 is 0.914 bits per heavy atom. The van der Waals surface area contributed by atoms with Crippen molar-refractivity contribution >= 4 is 40.0 Å². The average molecular weight is 471 g/mol. The Kier molecular flexibility index (Phi) is 6.16. The maximum atomic E-state index is 13.4. The van der Waals surface area contributed by atoms with E-state index in [2.05, 4.69) is 15.5 Å². The van der Waals surface area contributed by atoms with Crippen LogP contribution in [0.1, 0.15) is 38.2 Å². The highest BCUT2D eigenvalue weighted by atomic mass is 16.2.